The predicted molar refractivity (Wildman–Crippen MR) is 213 cm³/mol. The quantitative estimate of drug-likeness (QED) is 0.0672. The molecule has 0 saturated heterocycles. The van der Waals surface area contributed by atoms with Crippen LogP contribution in [0.2, 0.25) is 0 Å². The molecule has 4 heteroatoms. The van der Waals surface area contributed by atoms with Crippen molar-refractivity contribution in [3.8, 4) is 0 Å². The molecule has 1 aliphatic heterocycles. The van der Waals surface area contributed by atoms with Crippen LogP contribution in [0.1, 0.15) is 0 Å². The van der Waals surface area contributed by atoms with Crippen molar-refractivity contribution in [2.45, 2.75) is 6.04 Å². The summed E-state index contributed by atoms with van der Waals surface area (Å²) < 4.78 is 0. The molecule has 8 rings (SSSR count). The van der Waals surface area contributed by atoms with Gasteiger partial charge in [-0.25, -0.2) is 0 Å². The van der Waals surface area contributed by atoms with E-state index in [4.69, 9.17) is 0 Å². The van der Waals surface area contributed by atoms with Gasteiger partial charge in [-0.15, -0.1) is 6.58 Å². The summed E-state index contributed by atoms with van der Waals surface area (Å²) in [7, 11) is -0.892. The van der Waals surface area contributed by atoms with Gasteiger partial charge in [-0.1, -0.05) is 194 Å². The minimum absolute atomic E-state index is 0. The van der Waals surface area contributed by atoms with Gasteiger partial charge in [0.1, 0.15) is 0 Å². The predicted octanol–water partition coefficient (Wildman–Crippen LogP) is 8.41. The average molecular weight is 757 g/mol. The van der Waals surface area contributed by atoms with Crippen molar-refractivity contribution in [1.29, 1.82) is 0 Å². The van der Waals surface area contributed by atoms with E-state index in [0.717, 1.165) is 0 Å². The molecule has 2 aliphatic rings. The maximum atomic E-state index is 3.65. The Morgan fingerprint density at radius 2 is 0.571 bits per heavy atom. The van der Waals surface area contributed by atoms with Crippen molar-refractivity contribution >= 4 is 53.9 Å². The summed E-state index contributed by atoms with van der Waals surface area (Å²) in [5, 5.41) is 8.39. The number of benzene rings is 6. The van der Waals surface area contributed by atoms with E-state index in [1.54, 1.807) is 6.08 Å². The fourth-order valence-corrected chi connectivity index (χ4v) is 9.44. The van der Waals surface area contributed by atoms with Crippen molar-refractivity contribution in [2.75, 3.05) is 0 Å². The SMILES string of the molecule is C=CC1[C-]=N1.[CH]1[CH][CH][CH][CH]1.[Ru+2].c1ccc(P(c2ccccc2)c2ccccc2)cc1.c1ccc(P(c2ccccc2)c2ccccc2)cc1. The maximum absolute atomic E-state index is 3.65. The first kappa shape index (κ1) is 38.0. The van der Waals surface area contributed by atoms with E-state index in [2.05, 4.69) is 200 Å². The van der Waals surface area contributed by atoms with E-state index in [9.17, 15) is 0 Å². The van der Waals surface area contributed by atoms with Gasteiger partial charge in [0, 0.05) is 0 Å². The standard InChI is InChI=1S/2C18H15P.C5H5.C4H4N.Ru/c2*1-4-10-16(11-5-1)19(17-12-6-2-7-13-17)18-14-8-3-9-15-18;1-2-4-5-3-1;1-2-4-3-5-4;/h2*1-15H;1-5H;2,4H,1H2;/q;;;-1;+2. The fraction of sp³-hybridized carbons (Fsp3) is 0.0222. The molecular formula is C45H39NP2Ru+. The summed E-state index contributed by atoms with van der Waals surface area (Å²) in [6.07, 6.45) is 14.4. The third-order valence-electron chi connectivity index (χ3n) is 7.14. The third-order valence-corrected chi connectivity index (χ3v) is 12.0. The van der Waals surface area contributed by atoms with Crippen molar-refractivity contribution in [3.05, 3.63) is 227 Å². The molecule has 1 atom stereocenters. The van der Waals surface area contributed by atoms with E-state index in [-0.39, 0.29) is 25.5 Å². The van der Waals surface area contributed by atoms with E-state index in [1.165, 1.54) is 31.8 Å². The van der Waals surface area contributed by atoms with Gasteiger partial charge in [0.2, 0.25) is 0 Å². The molecule has 1 unspecified atom stereocenters. The van der Waals surface area contributed by atoms with Gasteiger partial charge in [0.05, 0.1) is 0 Å². The monoisotopic (exact) mass is 757 g/mol. The molecule has 1 fully saturated rings. The van der Waals surface area contributed by atoms with Gasteiger partial charge >= 0.3 is 19.5 Å². The molecule has 0 bridgehead atoms. The first-order valence-electron chi connectivity index (χ1n) is 16.0. The van der Waals surface area contributed by atoms with Crippen molar-refractivity contribution in [3.63, 3.8) is 0 Å². The number of nitrogens with zero attached hydrogens (tertiary/aromatic N) is 1. The topological polar surface area (TPSA) is 12.4 Å². The molecule has 0 spiro atoms. The normalized spacial score (nSPS) is 13.7. The molecule has 0 N–H and O–H groups in total. The van der Waals surface area contributed by atoms with Gasteiger partial charge in [0.15, 0.2) is 0 Å². The van der Waals surface area contributed by atoms with Crippen LogP contribution in [-0.4, -0.2) is 12.3 Å². The van der Waals surface area contributed by atoms with E-state index >= 15 is 0 Å². The Balaban J connectivity index is 0.000000169. The van der Waals surface area contributed by atoms with Gasteiger partial charge in [-0.3, -0.25) is 0 Å². The van der Waals surface area contributed by atoms with Crippen LogP contribution in [-0.2, 0) is 19.5 Å². The van der Waals surface area contributed by atoms with E-state index < -0.39 is 15.8 Å². The number of rotatable bonds is 7. The Labute approximate surface area is 309 Å². The van der Waals surface area contributed by atoms with Crippen LogP contribution in [0.5, 0.6) is 0 Å². The number of aliphatic imine (C=N–C) groups is 1. The Morgan fingerprint density at radius 1 is 0.388 bits per heavy atom. The Hall–Kier alpha value is -3.79. The molecule has 1 saturated carbocycles. The average Bonchev–Trinajstić information content (AvgIpc) is 3.82. The van der Waals surface area contributed by atoms with Crippen molar-refractivity contribution < 1.29 is 19.5 Å². The van der Waals surface area contributed by atoms with Gasteiger partial charge in [-0.2, -0.15) is 0 Å². The molecular weight excluding hydrogens is 718 g/mol. The van der Waals surface area contributed by atoms with Crippen LogP contribution < -0.4 is 31.8 Å². The van der Waals surface area contributed by atoms with Crippen molar-refractivity contribution in [1.82, 2.24) is 0 Å². The summed E-state index contributed by atoms with van der Waals surface area (Å²) in [6.45, 7) is 3.47. The van der Waals surface area contributed by atoms with Crippen LogP contribution in [0, 0.1) is 32.1 Å². The first-order valence-corrected chi connectivity index (χ1v) is 18.7. The molecule has 1 aliphatic carbocycles. The molecule has 0 amide bonds. The second-order valence-electron chi connectivity index (χ2n) is 10.6. The van der Waals surface area contributed by atoms with Gasteiger partial charge < -0.3 is 11.2 Å². The van der Waals surface area contributed by atoms with Crippen LogP contribution in [0.4, 0.5) is 0 Å². The first-order chi connectivity index (χ1) is 23.8. The van der Waals surface area contributed by atoms with E-state index in [0.29, 0.717) is 0 Å². The van der Waals surface area contributed by atoms with Crippen LogP contribution in [0.15, 0.2) is 200 Å². The van der Waals surface area contributed by atoms with Crippen LogP contribution in [0.3, 0.4) is 0 Å². The zero-order valence-corrected chi connectivity index (χ0v) is 30.8. The molecule has 241 valence electrons. The Morgan fingerprint density at radius 3 is 0.694 bits per heavy atom. The second kappa shape index (κ2) is 22.0. The molecule has 6 aromatic carbocycles. The summed E-state index contributed by atoms with van der Waals surface area (Å²) in [5.41, 5.74) is 0. The maximum Gasteiger partial charge on any atom is 2.00 e. The Kier molecular flexibility index (Phi) is 17.1. The zero-order valence-electron chi connectivity index (χ0n) is 27.3. The smallest absolute Gasteiger partial charge is 0.521 e. The summed E-state index contributed by atoms with van der Waals surface area (Å²) >= 11 is 0. The van der Waals surface area contributed by atoms with Crippen molar-refractivity contribution in [2.24, 2.45) is 4.99 Å². The largest absolute Gasteiger partial charge is 2.00 e. The third kappa shape index (κ3) is 12.9. The summed E-state index contributed by atoms with van der Waals surface area (Å²) in [4.78, 5) is 3.65. The van der Waals surface area contributed by atoms with Gasteiger partial charge in [0.25, 0.3) is 0 Å². The number of hydrogen-bond acceptors (Lipinski definition) is 1. The molecule has 0 aromatic heterocycles. The van der Waals surface area contributed by atoms with Crippen LogP contribution in [0.25, 0.3) is 0 Å². The number of hydrogen-bond donors (Lipinski definition) is 0. The second-order valence-corrected chi connectivity index (χ2v) is 15.0. The minimum Gasteiger partial charge on any atom is -0.521 e. The summed E-state index contributed by atoms with van der Waals surface area (Å²) in [5.74, 6) is 0. The molecule has 1 nitrogen and oxygen atoms in total. The molecule has 6 aromatic rings. The van der Waals surface area contributed by atoms with Gasteiger partial charge in [-0.05, 0) is 79.8 Å². The molecule has 5 radical (unpaired) electrons. The van der Waals surface area contributed by atoms with Crippen LogP contribution >= 0.6 is 15.8 Å². The molecule has 49 heavy (non-hydrogen) atoms. The van der Waals surface area contributed by atoms with E-state index in [1.807, 2.05) is 32.1 Å². The Bertz CT molecular complexity index is 1430. The minimum atomic E-state index is -0.446. The molecule has 1 heterocycles. The zero-order chi connectivity index (χ0) is 33.1. The summed E-state index contributed by atoms with van der Waals surface area (Å²) in [6, 6.07) is 64.9. The fourth-order valence-electron chi connectivity index (χ4n) is 4.83.